The van der Waals surface area contributed by atoms with Gasteiger partial charge in [0.2, 0.25) is 0 Å². The molecule has 122 valence electrons. The molecular formula is C17H26N2O3. The average molecular weight is 306 g/mol. The monoisotopic (exact) mass is 306 g/mol. The number of hydrogen-bond acceptors (Lipinski definition) is 4. The highest BCUT2D eigenvalue weighted by atomic mass is 16.6. The maximum absolute atomic E-state index is 12.1. The van der Waals surface area contributed by atoms with E-state index in [-0.39, 0.29) is 6.09 Å². The van der Waals surface area contributed by atoms with Gasteiger partial charge < -0.3 is 19.6 Å². The quantitative estimate of drug-likeness (QED) is 0.913. The van der Waals surface area contributed by atoms with Gasteiger partial charge in [-0.05, 0) is 33.8 Å². The molecule has 22 heavy (non-hydrogen) atoms. The summed E-state index contributed by atoms with van der Waals surface area (Å²) in [5.41, 5.74) is 1.50. The van der Waals surface area contributed by atoms with E-state index >= 15 is 0 Å². The second-order valence-corrected chi connectivity index (χ2v) is 6.69. The van der Waals surface area contributed by atoms with Gasteiger partial charge in [0.1, 0.15) is 5.60 Å². The molecule has 1 amide bonds. The first kappa shape index (κ1) is 16.6. The van der Waals surface area contributed by atoms with Gasteiger partial charge in [0.05, 0.1) is 6.10 Å². The van der Waals surface area contributed by atoms with Crippen molar-refractivity contribution in [3.63, 3.8) is 0 Å². The third-order valence-electron chi connectivity index (χ3n) is 3.66. The number of hydrogen-bond donors (Lipinski definition) is 1. The molecule has 2 rings (SSSR count). The van der Waals surface area contributed by atoms with Crippen molar-refractivity contribution in [2.24, 2.45) is 0 Å². The van der Waals surface area contributed by atoms with E-state index in [4.69, 9.17) is 4.74 Å². The first-order chi connectivity index (χ1) is 10.3. The molecule has 1 aliphatic heterocycles. The van der Waals surface area contributed by atoms with Crippen molar-refractivity contribution in [3.8, 4) is 0 Å². The number of anilines is 1. The lowest BCUT2D eigenvalue weighted by atomic mass is 10.1. The summed E-state index contributed by atoms with van der Waals surface area (Å²) in [4.78, 5) is 16.0. The number of aliphatic hydroxyl groups excluding tert-OH is 1. The Kier molecular flexibility index (Phi) is 4.96. The SMILES string of the molecule is C[C@H](O)c1ccccc1N1CCN(C(=O)OC(C)(C)C)CC1. The maximum Gasteiger partial charge on any atom is 0.410 e. The van der Waals surface area contributed by atoms with E-state index in [2.05, 4.69) is 4.90 Å². The van der Waals surface area contributed by atoms with Crippen LogP contribution in [0.25, 0.3) is 0 Å². The highest BCUT2D eigenvalue weighted by molar-refractivity contribution is 5.68. The first-order valence-corrected chi connectivity index (χ1v) is 7.78. The Bertz CT molecular complexity index is 515. The number of aliphatic hydroxyl groups is 1. The Labute approximate surface area is 132 Å². The molecule has 1 heterocycles. The summed E-state index contributed by atoms with van der Waals surface area (Å²) in [5.74, 6) is 0. The van der Waals surface area contributed by atoms with Crippen LogP contribution in [0.15, 0.2) is 24.3 Å². The Morgan fingerprint density at radius 2 is 1.77 bits per heavy atom. The normalized spacial score (nSPS) is 17.3. The molecule has 1 N–H and O–H groups in total. The van der Waals surface area contributed by atoms with Crippen LogP contribution in [0.5, 0.6) is 0 Å². The molecule has 0 saturated carbocycles. The number of carbonyl (C=O) groups is 1. The lowest BCUT2D eigenvalue weighted by molar-refractivity contribution is 0.0240. The van der Waals surface area contributed by atoms with Crippen LogP contribution in [0.4, 0.5) is 10.5 Å². The molecule has 0 spiro atoms. The molecule has 1 saturated heterocycles. The lowest BCUT2D eigenvalue weighted by Gasteiger charge is -2.37. The molecule has 1 aliphatic rings. The minimum Gasteiger partial charge on any atom is -0.444 e. The Morgan fingerprint density at radius 3 is 2.32 bits per heavy atom. The summed E-state index contributed by atoms with van der Waals surface area (Å²) >= 11 is 0. The van der Waals surface area contributed by atoms with E-state index in [0.29, 0.717) is 13.1 Å². The van der Waals surface area contributed by atoms with Crippen LogP contribution < -0.4 is 4.90 Å². The van der Waals surface area contributed by atoms with Crippen LogP contribution in [0.1, 0.15) is 39.4 Å². The Hall–Kier alpha value is -1.75. The topological polar surface area (TPSA) is 53.0 Å². The van der Waals surface area contributed by atoms with Gasteiger partial charge in [-0.3, -0.25) is 0 Å². The highest BCUT2D eigenvalue weighted by Gasteiger charge is 2.26. The van der Waals surface area contributed by atoms with Gasteiger partial charge in [0.15, 0.2) is 0 Å². The number of carbonyl (C=O) groups excluding carboxylic acids is 1. The fourth-order valence-electron chi connectivity index (χ4n) is 2.59. The van der Waals surface area contributed by atoms with Crippen molar-refractivity contribution in [1.82, 2.24) is 4.90 Å². The zero-order valence-electron chi connectivity index (χ0n) is 13.9. The van der Waals surface area contributed by atoms with Gasteiger partial charge in [0, 0.05) is 37.4 Å². The Balaban J connectivity index is 2.00. The molecule has 1 atom stereocenters. The van der Waals surface area contributed by atoms with E-state index in [9.17, 15) is 9.90 Å². The predicted molar refractivity (Wildman–Crippen MR) is 87.1 cm³/mol. The Morgan fingerprint density at radius 1 is 1.18 bits per heavy atom. The van der Waals surface area contributed by atoms with Gasteiger partial charge in [-0.1, -0.05) is 18.2 Å². The molecular weight excluding hydrogens is 280 g/mol. The van der Waals surface area contributed by atoms with Crippen molar-refractivity contribution in [2.45, 2.75) is 39.4 Å². The van der Waals surface area contributed by atoms with Crippen molar-refractivity contribution >= 4 is 11.8 Å². The largest absolute Gasteiger partial charge is 0.444 e. The number of nitrogens with zero attached hydrogens (tertiary/aromatic N) is 2. The van der Waals surface area contributed by atoms with Crippen molar-refractivity contribution < 1.29 is 14.6 Å². The number of piperazine rings is 1. The summed E-state index contributed by atoms with van der Waals surface area (Å²) in [6.45, 7) is 10.1. The minimum absolute atomic E-state index is 0.254. The molecule has 5 nitrogen and oxygen atoms in total. The molecule has 0 radical (unpaired) electrons. The predicted octanol–water partition coefficient (Wildman–Crippen LogP) is 2.80. The van der Waals surface area contributed by atoms with Gasteiger partial charge in [-0.15, -0.1) is 0 Å². The number of amides is 1. The smallest absolute Gasteiger partial charge is 0.410 e. The zero-order valence-corrected chi connectivity index (χ0v) is 13.9. The summed E-state index contributed by atoms with van der Waals surface area (Å²) in [7, 11) is 0. The second-order valence-electron chi connectivity index (χ2n) is 6.69. The fraction of sp³-hybridized carbons (Fsp3) is 0.588. The minimum atomic E-state index is -0.500. The van der Waals surface area contributed by atoms with E-state index in [1.165, 1.54) is 0 Å². The molecule has 5 heteroatoms. The number of ether oxygens (including phenoxy) is 1. The van der Waals surface area contributed by atoms with Crippen LogP contribution in [-0.2, 0) is 4.74 Å². The van der Waals surface area contributed by atoms with Crippen LogP contribution in [0, 0.1) is 0 Å². The van der Waals surface area contributed by atoms with Gasteiger partial charge in [-0.2, -0.15) is 0 Å². The zero-order chi connectivity index (χ0) is 16.3. The number of rotatable bonds is 2. The van der Waals surface area contributed by atoms with Crippen molar-refractivity contribution in [2.75, 3.05) is 31.1 Å². The number of benzene rings is 1. The number of para-hydroxylation sites is 1. The maximum atomic E-state index is 12.1. The summed E-state index contributed by atoms with van der Waals surface area (Å²) in [6.07, 6.45) is -0.754. The molecule has 0 aliphatic carbocycles. The molecule has 0 aromatic heterocycles. The van der Waals surface area contributed by atoms with E-state index in [1.807, 2.05) is 45.0 Å². The van der Waals surface area contributed by atoms with Gasteiger partial charge in [0.25, 0.3) is 0 Å². The van der Waals surface area contributed by atoms with Crippen molar-refractivity contribution in [1.29, 1.82) is 0 Å². The van der Waals surface area contributed by atoms with Crippen LogP contribution in [0.2, 0.25) is 0 Å². The second kappa shape index (κ2) is 6.57. The molecule has 0 unspecified atom stereocenters. The third-order valence-corrected chi connectivity index (χ3v) is 3.66. The average Bonchev–Trinajstić information content (AvgIpc) is 2.45. The molecule has 1 aromatic rings. The van der Waals surface area contributed by atoms with E-state index in [1.54, 1.807) is 11.8 Å². The van der Waals surface area contributed by atoms with Gasteiger partial charge >= 0.3 is 6.09 Å². The van der Waals surface area contributed by atoms with E-state index < -0.39 is 11.7 Å². The van der Waals surface area contributed by atoms with Crippen LogP contribution in [-0.4, -0.2) is 47.9 Å². The molecule has 0 bridgehead atoms. The van der Waals surface area contributed by atoms with Crippen LogP contribution >= 0.6 is 0 Å². The summed E-state index contributed by atoms with van der Waals surface area (Å²) in [5, 5.41) is 9.89. The molecule has 1 fully saturated rings. The summed E-state index contributed by atoms with van der Waals surface area (Å²) < 4.78 is 5.41. The molecule has 1 aromatic carbocycles. The van der Waals surface area contributed by atoms with Crippen molar-refractivity contribution in [3.05, 3.63) is 29.8 Å². The van der Waals surface area contributed by atoms with Gasteiger partial charge in [-0.25, -0.2) is 4.79 Å². The lowest BCUT2D eigenvalue weighted by Crippen LogP contribution is -2.50. The fourth-order valence-corrected chi connectivity index (χ4v) is 2.59. The standard InChI is InChI=1S/C17H26N2O3/c1-13(20)14-7-5-6-8-15(14)18-9-11-19(12-10-18)16(21)22-17(2,3)4/h5-8,13,20H,9-12H2,1-4H3/t13-/m0/s1. The highest BCUT2D eigenvalue weighted by Crippen LogP contribution is 2.27. The summed E-state index contributed by atoms with van der Waals surface area (Å²) in [6, 6.07) is 7.87. The van der Waals surface area contributed by atoms with Crippen LogP contribution in [0.3, 0.4) is 0 Å². The van der Waals surface area contributed by atoms with E-state index in [0.717, 1.165) is 24.3 Å². The third kappa shape index (κ3) is 4.13. The first-order valence-electron chi connectivity index (χ1n) is 7.78.